The molecule has 0 aliphatic carbocycles. The number of H-pyrrole nitrogens is 1. The van der Waals surface area contributed by atoms with Crippen LogP contribution in [0.25, 0.3) is 10.9 Å². The van der Waals surface area contributed by atoms with Gasteiger partial charge in [0.15, 0.2) is 0 Å². The molecule has 0 aliphatic heterocycles. The maximum atomic E-state index is 13.6. The van der Waals surface area contributed by atoms with Crippen LogP contribution in [0.1, 0.15) is 12.5 Å². The summed E-state index contributed by atoms with van der Waals surface area (Å²) in [5.74, 6) is -0.150. The number of aromatic nitrogens is 2. The van der Waals surface area contributed by atoms with Crippen LogP contribution >= 0.6 is 0 Å². The van der Waals surface area contributed by atoms with Crippen LogP contribution in [0, 0.1) is 5.82 Å². The Balaban J connectivity index is 1.78. The Morgan fingerprint density at radius 1 is 1.20 bits per heavy atom. The number of aromatic amines is 1. The van der Waals surface area contributed by atoms with Crippen LogP contribution in [-0.4, -0.2) is 16.2 Å². The van der Waals surface area contributed by atoms with Gasteiger partial charge in [0, 0.05) is 17.1 Å². The molecule has 1 aromatic heterocycles. The summed E-state index contributed by atoms with van der Waals surface area (Å²) in [4.78, 5) is 0. The molecule has 0 fully saturated rings. The van der Waals surface area contributed by atoms with E-state index in [0.717, 1.165) is 22.2 Å². The second-order valence-electron chi connectivity index (χ2n) is 4.98. The number of hydrogen-bond donors (Lipinski definition) is 2. The molecule has 20 heavy (non-hydrogen) atoms. The van der Waals surface area contributed by atoms with Gasteiger partial charge in [-0.1, -0.05) is 24.3 Å². The number of fused-ring (bicyclic) bond motifs is 1. The molecule has 1 heterocycles. The monoisotopic (exact) mass is 269 g/mol. The van der Waals surface area contributed by atoms with E-state index in [-0.39, 0.29) is 11.9 Å². The zero-order valence-electron chi connectivity index (χ0n) is 11.2. The van der Waals surface area contributed by atoms with E-state index in [1.807, 2.05) is 37.3 Å². The Morgan fingerprint density at radius 2 is 2.05 bits per heavy atom. The zero-order valence-corrected chi connectivity index (χ0v) is 11.2. The number of hydrogen-bond acceptors (Lipinski definition) is 2. The Labute approximate surface area is 116 Å². The summed E-state index contributed by atoms with van der Waals surface area (Å²) in [5.41, 5.74) is 2.74. The molecule has 0 radical (unpaired) electrons. The fourth-order valence-electron chi connectivity index (χ4n) is 2.40. The minimum absolute atomic E-state index is 0.132. The standard InChI is InChI=1S/C16H16FN3/c1-11(9-12-5-2-3-6-14(12)17)19-15-7-4-8-16-13(15)10-18-20-16/h2-8,10-11,19H,9H2,1H3,(H,18,20). The first-order valence-electron chi connectivity index (χ1n) is 6.66. The number of anilines is 1. The van der Waals surface area contributed by atoms with E-state index in [2.05, 4.69) is 15.5 Å². The molecule has 3 rings (SSSR count). The second kappa shape index (κ2) is 5.33. The van der Waals surface area contributed by atoms with E-state index in [1.54, 1.807) is 12.3 Å². The molecule has 0 saturated heterocycles. The van der Waals surface area contributed by atoms with Gasteiger partial charge >= 0.3 is 0 Å². The third-order valence-electron chi connectivity index (χ3n) is 3.37. The molecule has 2 N–H and O–H groups in total. The van der Waals surface area contributed by atoms with Gasteiger partial charge in [-0.25, -0.2) is 4.39 Å². The maximum absolute atomic E-state index is 13.6. The summed E-state index contributed by atoms with van der Waals surface area (Å²) in [5, 5.41) is 11.5. The number of nitrogens with one attached hydrogen (secondary N) is 2. The SMILES string of the molecule is CC(Cc1ccccc1F)Nc1cccc2[nH]ncc12. The molecule has 4 heteroatoms. The van der Waals surface area contributed by atoms with Crippen LogP contribution in [0.5, 0.6) is 0 Å². The second-order valence-corrected chi connectivity index (χ2v) is 4.98. The van der Waals surface area contributed by atoms with Crippen molar-refractivity contribution in [2.24, 2.45) is 0 Å². The van der Waals surface area contributed by atoms with Crippen LogP contribution in [0.3, 0.4) is 0 Å². The lowest BCUT2D eigenvalue weighted by atomic mass is 10.1. The lowest BCUT2D eigenvalue weighted by Crippen LogP contribution is -2.18. The van der Waals surface area contributed by atoms with Gasteiger partial charge in [-0.05, 0) is 37.1 Å². The number of benzene rings is 2. The van der Waals surface area contributed by atoms with Gasteiger partial charge in [-0.15, -0.1) is 0 Å². The van der Waals surface area contributed by atoms with Crippen LogP contribution < -0.4 is 5.32 Å². The highest BCUT2D eigenvalue weighted by molar-refractivity contribution is 5.90. The van der Waals surface area contributed by atoms with E-state index in [1.165, 1.54) is 6.07 Å². The third-order valence-corrected chi connectivity index (χ3v) is 3.37. The van der Waals surface area contributed by atoms with Gasteiger partial charge in [0.05, 0.1) is 11.7 Å². The minimum Gasteiger partial charge on any atom is -0.382 e. The molecular formula is C16H16FN3. The highest BCUT2D eigenvalue weighted by Gasteiger charge is 2.09. The van der Waals surface area contributed by atoms with Crippen LogP contribution in [-0.2, 0) is 6.42 Å². The minimum atomic E-state index is -0.150. The Kier molecular flexibility index (Phi) is 3.37. The summed E-state index contributed by atoms with van der Waals surface area (Å²) >= 11 is 0. The molecule has 3 aromatic rings. The van der Waals surface area contributed by atoms with Crippen molar-refractivity contribution in [2.75, 3.05) is 5.32 Å². The van der Waals surface area contributed by atoms with Crippen molar-refractivity contribution in [2.45, 2.75) is 19.4 Å². The topological polar surface area (TPSA) is 40.7 Å². The van der Waals surface area contributed by atoms with E-state index in [0.29, 0.717) is 6.42 Å². The zero-order chi connectivity index (χ0) is 13.9. The Morgan fingerprint density at radius 3 is 2.90 bits per heavy atom. The molecule has 3 nitrogen and oxygen atoms in total. The normalized spacial score (nSPS) is 12.5. The number of halogens is 1. The van der Waals surface area contributed by atoms with Crippen LogP contribution in [0.2, 0.25) is 0 Å². The van der Waals surface area contributed by atoms with E-state index >= 15 is 0 Å². The van der Waals surface area contributed by atoms with Crippen molar-refractivity contribution < 1.29 is 4.39 Å². The maximum Gasteiger partial charge on any atom is 0.126 e. The molecule has 0 amide bonds. The molecular weight excluding hydrogens is 253 g/mol. The predicted molar refractivity (Wildman–Crippen MR) is 79.3 cm³/mol. The van der Waals surface area contributed by atoms with E-state index in [9.17, 15) is 4.39 Å². The van der Waals surface area contributed by atoms with E-state index < -0.39 is 0 Å². The van der Waals surface area contributed by atoms with Gasteiger partial charge in [-0.2, -0.15) is 5.10 Å². The smallest absolute Gasteiger partial charge is 0.126 e. The first-order chi connectivity index (χ1) is 9.74. The molecule has 2 aromatic carbocycles. The van der Waals surface area contributed by atoms with Crippen molar-refractivity contribution in [3.63, 3.8) is 0 Å². The summed E-state index contributed by atoms with van der Waals surface area (Å²) in [6.45, 7) is 2.05. The first-order valence-corrected chi connectivity index (χ1v) is 6.66. The lowest BCUT2D eigenvalue weighted by molar-refractivity contribution is 0.601. The highest BCUT2D eigenvalue weighted by atomic mass is 19.1. The number of nitrogens with zero attached hydrogens (tertiary/aromatic N) is 1. The van der Waals surface area contributed by atoms with Gasteiger partial charge < -0.3 is 5.32 Å². The van der Waals surface area contributed by atoms with Crippen molar-refractivity contribution >= 4 is 16.6 Å². The highest BCUT2D eigenvalue weighted by Crippen LogP contribution is 2.22. The van der Waals surface area contributed by atoms with Gasteiger partial charge in [0.25, 0.3) is 0 Å². The molecule has 1 atom stereocenters. The quantitative estimate of drug-likeness (QED) is 0.757. The van der Waals surface area contributed by atoms with Gasteiger partial charge in [0.2, 0.25) is 0 Å². The fourth-order valence-corrected chi connectivity index (χ4v) is 2.40. The van der Waals surface area contributed by atoms with Gasteiger partial charge in [-0.3, -0.25) is 5.10 Å². The largest absolute Gasteiger partial charge is 0.382 e. The van der Waals surface area contributed by atoms with Gasteiger partial charge in [0.1, 0.15) is 5.82 Å². The summed E-state index contributed by atoms with van der Waals surface area (Å²) < 4.78 is 13.6. The summed E-state index contributed by atoms with van der Waals surface area (Å²) in [6, 6.07) is 13.0. The van der Waals surface area contributed by atoms with Crippen molar-refractivity contribution in [3.8, 4) is 0 Å². The first kappa shape index (κ1) is 12.7. The molecule has 102 valence electrons. The van der Waals surface area contributed by atoms with Crippen molar-refractivity contribution in [1.29, 1.82) is 0 Å². The third kappa shape index (κ3) is 2.50. The molecule has 0 saturated carbocycles. The lowest BCUT2D eigenvalue weighted by Gasteiger charge is -2.16. The van der Waals surface area contributed by atoms with Crippen LogP contribution in [0.15, 0.2) is 48.7 Å². The molecule has 1 unspecified atom stereocenters. The Hall–Kier alpha value is -2.36. The molecule has 0 spiro atoms. The van der Waals surface area contributed by atoms with Crippen LogP contribution in [0.4, 0.5) is 10.1 Å². The molecule has 0 bridgehead atoms. The van der Waals surface area contributed by atoms with Crippen molar-refractivity contribution in [3.05, 3.63) is 60.0 Å². The predicted octanol–water partition coefficient (Wildman–Crippen LogP) is 3.75. The number of rotatable bonds is 4. The average molecular weight is 269 g/mol. The molecule has 0 aliphatic rings. The fraction of sp³-hybridized carbons (Fsp3) is 0.188. The van der Waals surface area contributed by atoms with Crippen molar-refractivity contribution in [1.82, 2.24) is 10.2 Å². The summed E-state index contributed by atoms with van der Waals surface area (Å²) in [6.07, 6.45) is 2.44. The average Bonchev–Trinajstić information content (AvgIpc) is 2.91. The summed E-state index contributed by atoms with van der Waals surface area (Å²) in [7, 11) is 0. The van der Waals surface area contributed by atoms with E-state index in [4.69, 9.17) is 0 Å². The Bertz CT molecular complexity index is 720.